The SMILES string of the molecule is CN(CCNCc1cccc(Cl)c1)C1CC1. The van der Waals surface area contributed by atoms with Crippen LogP contribution in [0.15, 0.2) is 24.3 Å². The van der Waals surface area contributed by atoms with E-state index in [1.54, 1.807) is 0 Å². The minimum Gasteiger partial charge on any atom is -0.311 e. The van der Waals surface area contributed by atoms with Gasteiger partial charge in [0.2, 0.25) is 0 Å². The summed E-state index contributed by atoms with van der Waals surface area (Å²) in [6, 6.07) is 8.87. The third-order valence-corrected chi connectivity index (χ3v) is 3.26. The van der Waals surface area contributed by atoms with E-state index in [0.717, 1.165) is 30.7 Å². The lowest BCUT2D eigenvalue weighted by Crippen LogP contribution is -2.30. The van der Waals surface area contributed by atoms with Gasteiger partial charge in [-0.05, 0) is 37.6 Å². The zero-order valence-electron chi connectivity index (χ0n) is 9.75. The zero-order valence-corrected chi connectivity index (χ0v) is 10.5. The smallest absolute Gasteiger partial charge is 0.0409 e. The summed E-state index contributed by atoms with van der Waals surface area (Å²) in [7, 11) is 2.21. The second-order valence-corrected chi connectivity index (χ2v) is 4.95. The maximum absolute atomic E-state index is 5.92. The van der Waals surface area contributed by atoms with E-state index in [0.29, 0.717) is 0 Å². The van der Waals surface area contributed by atoms with E-state index in [2.05, 4.69) is 23.3 Å². The van der Waals surface area contributed by atoms with Gasteiger partial charge < -0.3 is 10.2 Å². The van der Waals surface area contributed by atoms with Gasteiger partial charge in [0.15, 0.2) is 0 Å². The molecule has 0 saturated heterocycles. The van der Waals surface area contributed by atoms with Crippen molar-refractivity contribution in [2.45, 2.75) is 25.4 Å². The van der Waals surface area contributed by atoms with E-state index in [9.17, 15) is 0 Å². The average molecular weight is 239 g/mol. The van der Waals surface area contributed by atoms with Crippen LogP contribution in [0.4, 0.5) is 0 Å². The van der Waals surface area contributed by atoms with Crippen molar-refractivity contribution in [3.63, 3.8) is 0 Å². The molecular weight excluding hydrogens is 220 g/mol. The second-order valence-electron chi connectivity index (χ2n) is 4.52. The number of nitrogens with zero attached hydrogens (tertiary/aromatic N) is 1. The Morgan fingerprint density at radius 2 is 2.25 bits per heavy atom. The van der Waals surface area contributed by atoms with Crippen LogP contribution >= 0.6 is 11.6 Å². The fourth-order valence-corrected chi connectivity index (χ4v) is 2.05. The summed E-state index contributed by atoms with van der Waals surface area (Å²) < 4.78 is 0. The first-order valence-electron chi connectivity index (χ1n) is 5.91. The molecule has 0 spiro atoms. The van der Waals surface area contributed by atoms with Crippen LogP contribution in [0.2, 0.25) is 5.02 Å². The first-order valence-corrected chi connectivity index (χ1v) is 6.29. The number of halogens is 1. The third-order valence-electron chi connectivity index (χ3n) is 3.03. The molecule has 0 radical (unpaired) electrons. The average Bonchev–Trinajstić information content (AvgIpc) is 3.08. The van der Waals surface area contributed by atoms with Gasteiger partial charge in [0, 0.05) is 30.7 Å². The van der Waals surface area contributed by atoms with E-state index in [-0.39, 0.29) is 0 Å². The highest BCUT2D eigenvalue weighted by molar-refractivity contribution is 6.30. The lowest BCUT2D eigenvalue weighted by molar-refractivity contribution is 0.321. The molecule has 1 fully saturated rings. The third kappa shape index (κ3) is 3.78. The van der Waals surface area contributed by atoms with Gasteiger partial charge in [-0.15, -0.1) is 0 Å². The number of likely N-dealkylation sites (N-methyl/N-ethyl adjacent to an activating group) is 1. The molecule has 0 heterocycles. The summed E-state index contributed by atoms with van der Waals surface area (Å²) in [6.45, 7) is 3.07. The van der Waals surface area contributed by atoms with Crippen molar-refractivity contribution in [1.29, 1.82) is 0 Å². The molecule has 1 aromatic carbocycles. The lowest BCUT2D eigenvalue weighted by Gasteiger charge is -2.15. The van der Waals surface area contributed by atoms with Gasteiger partial charge in [-0.1, -0.05) is 23.7 Å². The second kappa shape index (κ2) is 5.67. The van der Waals surface area contributed by atoms with E-state index in [4.69, 9.17) is 11.6 Å². The molecule has 2 nitrogen and oxygen atoms in total. The predicted octanol–water partition coefficient (Wildman–Crippen LogP) is 2.52. The summed E-state index contributed by atoms with van der Waals surface area (Å²) in [6.07, 6.45) is 2.76. The van der Waals surface area contributed by atoms with Gasteiger partial charge in [-0.3, -0.25) is 0 Å². The number of nitrogens with one attached hydrogen (secondary N) is 1. The highest BCUT2D eigenvalue weighted by atomic mass is 35.5. The molecule has 16 heavy (non-hydrogen) atoms. The number of hydrogen-bond acceptors (Lipinski definition) is 2. The maximum atomic E-state index is 5.92. The standard InChI is InChI=1S/C13H19ClN2/c1-16(13-5-6-13)8-7-15-10-11-3-2-4-12(14)9-11/h2-4,9,13,15H,5-8,10H2,1H3. The van der Waals surface area contributed by atoms with Crippen LogP contribution in [0, 0.1) is 0 Å². The van der Waals surface area contributed by atoms with Gasteiger partial charge in [0.25, 0.3) is 0 Å². The molecule has 1 N–H and O–H groups in total. The van der Waals surface area contributed by atoms with Gasteiger partial charge >= 0.3 is 0 Å². The molecule has 1 aromatic rings. The van der Waals surface area contributed by atoms with E-state index >= 15 is 0 Å². The lowest BCUT2D eigenvalue weighted by atomic mass is 10.2. The van der Waals surface area contributed by atoms with Crippen LogP contribution in [0.3, 0.4) is 0 Å². The molecule has 0 bridgehead atoms. The van der Waals surface area contributed by atoms with Crippen LogP contribution in [0.25, 0.3) is 0 Å². The van der Waals surface area contributed by atoms with E-state index in [1.165, 1.54) is 18.4 Å². The molecule has 88 valence electrons. The molecule has 0 amide bonds. The van der Waals surface area contributed by atoms with Gasteiger partial charge in [0.05, 0.1) is 0 Å². The maximum Gasteiger partial charge on any atom is 0.0409 e. The Hall–Kier alpha value is -0.570. The Labute approximate surface area is 103 Å². The van der Waals surface area contributed by atoms with Gasteiger partial charge in [-0.2, -0.15) is 0 Å². The summed E-state index contributed by atoms with van der Waals surface area (Å²) in [5.41, 5.74) is 1.25. The highest BCUT2D eigenvalue weighted by Crippen LogP contribution is 2.24. The van der Waals surface area contributed by atoms with Crippen molar-refractivity contribution in [3.05, 3.63) is 34.9 Å². The minimum atomic E-state index is 0.814. The Kier molecular flexibility index (Phi) is 4.22. The monoisotopic (exact) mass is 238 g/mol. The fourth-order valence-electron chi connectivity index (χ4n) is 1.83. The Morgan fingerprint density at radius 1 is 1.44 bits per heavy atom. The molecule has 0 unspecified atom stereocenters. The van der Waals surface area contributed by atoms with E-state index < -0.39 is 0 Å². The Balaban J connectivity index is 1.63. The quantitative estimate of drug-likeness (QED) is 0.767. The molecule has 3 heteroatoms. The molecule has 1 aliphatic carbocycles. The summed E-state index contributed by atoms with van der Waals surface area (Å²) in [4.78, 5) is 2.44. The van der Waals surface area contributed by atoms with Crippen LogP contribution in [0.1, 0.15) is 18.4 Å². The molecule has 2 rings (SSSR count). The van der Waals surface area contributed by atoms with Crippen molar-refractivity contribution in [2.75, 3.05) is 20.1 Å². The largest absolute Gasteiger partial charge is 0.311 e. The van der Waals surface area contributed by atoms with Crippen LogP contribution in [0.5, 0.6) is 0 Å². The van der Waals surface area contributed by atoms with Crippen molar-refractivity contribution in [1.82, 2.24) is 10.2 Å². The molecule has 1 saturated carbocycles. The van der Waals surface area contributed by atoms with E-state index in [1.807, 2.05) is 18.2 Å². The first-order chi connectivity index (χ1) is 7.75. The minimum absolute atomic E-state index is 0.814. The van der Waals surface area contributed by atoms with Crippen LogP contribution < -0.4 is 5.32 Å². The van der Waals surface area contributed by atoms with Crippen molar-refractivity contribution < 1.29 is 0 Å². The zero-order chi connectivity index (χ0) is 11.4. The molecule has 0 atom stereocenters. The van der Waals surface area contributed by atoms with Crippen molar-refractivity contribution in [2.24, 2.45) is 0 Å². The predicted molar refractivity (Wildman–Crippen MR) is 68.8 cm³/mol. The molecular formula is C13H19ClN2. The van der Waals surface area contributed by atoms with Crippen LogP contribution in [-0.4, -0.2) is 31.1 Å². The molecule has 0 aromatic heterocycles. The summed E-state index contributed by atoms with van der Waals surface area (Å²) >= 11 is 5.92. The highest BCUT2D eigenvalue weighted by Gasteiger charge is 2.25. The number of benzene rings is 1. The fraction of sp³-hybridized carbons (Fsp3) is 0.538. The van der Waals surface area contributed by atoms with Gasteiger partial charge in [-0.25, -0.2) is 0 Å². The Morgan fingerprint density at radius 3 is 2.94 bits per heavy atom. The van der Waals surface area contributed by atoms with Crippen molar-refractivity contribution in [3.8, 4) is 0 Å². The number of rotatable bonds is 6. The normalized spacial score (nSPS) is 15.7. The first kappa shape index (κ1) is 11.9. The molecule has 0 aliphatic heterocycles. The summed E-state index contributed by atoms with van der Waals surface area (Å²) in [5.74, 6) is 0. The Bertz CT molecular complexity index is 336. The summed E-state index contributed by atoms with van der Waals surface area (Å²) in [5, 5.41) is 4.26. The van der Waals surface area contributed by atoms with Gasteiger partial charge in [0.1, 0.15) is 0 Å². The van der Waals surface area contributed by atoms with Crippen LogP contribution in [-0.2, 0) is 6.54 Å². The topological polar surface area (TPSA) is 15.3 Å². The number of hydrogen-bond donors (Lipinski definition) is 1. The van der Waals surface area contributed by atoms with Crippen molar-refractivity contribution >= 4 is 11.6 Å². The molecule has 1 aliphatic rings.